The lowest BCUT2D eigenvalue weighted by Crippen LogP contribution is -2.71. The first kappa shape index (κ1) is 34.5. The molecule has 0 saturated carbocycles. The third kappa shape index (κ3) is 7.15. The van der Waals surface area contributed by atoms with Gasteiger partial charge < -0.3 is 40.9 Å². The van der Waals surface area contributed by atoms with Crippen molar-refractivity contribution in [2.75, 3.05) is 23.8 Å². The topological polar surface area (TPSA) is 263 Å². The number of fused-ring (bicyclic) bond motifs is 1. The number of amides is 2. The van der Waals surface area contributed by atoms with Crippen LogP contribution in [0.2, 0.25) is 0 Å². The van der Waals surface area contributed by atoms with Crippen molar-refractivity contribution in [1.29, 1.82) is 0 Å². The summed E-state index contributed by atoms with van der Waals surface area (Å²) in [5.41, 5.74) is 4.97. The molecule has 260 valence electrons. The van der Waals surface area contributed by atoms with Crippen molar-refractivity contribution >= 4 is 63.5 Å². The van der Waals surface area contributed by atoms with Crippen molar-refractivity contribution < 1.29 is 48.8 Å². The number of oxime groups is 1. The summed E-state index contributed by atoms with van der Waals surface area (Å²) in [6.07, 6.45) is 4.31. The number of nitrogens with two attached hydrogens (primary N) is 1. The van der Waals surface area contributed by atoms with Gasteiger partial charge in [-0.3, -0.25) is 19.3 Å². The first-order valence-electron chi connectivity index (χ1n) is 14.5. The molecule has 18 nitrogen and oxygen atoms in total. The zero-order valence-electron chi connectivity index (χ0n) is 25.5. The van der Waals surface area contributed by atoms with Crippen LogP contribution >= 0.6 is 34.9 Å². The summed E-state index contributed by atoms with van der Waals surface area (Å²) in [5.74, 6) is -2.91. The molecule has 0 aromatic carbocycles. The molecule has 0 radical (unpaired) electrons. The number of aliphatic hydroxyl groups excluding tert-OH is 1. The molecule has 0 unspecified atom stereocenters. The van der Waals surface area contributed by atoms with Crippen LogP contribution in [0.3, 0.4) is 0 Å². The van der Waals surface area contributed by atoms with Crippen LogP contribution in [0.4, 0.5) is 5.13 Å². The van der Waals surface area contributed by atoms with Gasteiger partial charge in [-0.2, -0.15) is 4.73 Å². The molecule has 2 aliphatic rings. The zero-order valence-corrected chi connectivity index (χ0v) is 27.9. The maximum absolute atomic E-state index is 13.5. The number of carbonyl (C=O) groups excluding carboxylic acids is 2. The summed E-state index contributed by atoms with van der Waals surface area (Å²) in [4.78, 5) is 62.3. The lowest BCUT2D eigenvalue weighted by molar-refractivity contribution is -0.698. The average molecular weight is 743 g/mol. The smallest absolute Gasteiger partial charge is 0.352 e. The summed E-state index contributed by atoms with van der Waals surface area (Å²) in [5, 5.41) is 51.7. The third-order valence-electron chi connectivity index (χ3n) is 7.33. The second-order valence-electron chi connectivity index (χ2n) is 10.6. The van der Waals surface area contributed by atoms with E-state index in [1.807, 2.05) is 29.1 Å². The molecule has 2 aliphatic heterocycles. The van der Waals surface area contributed by atoms with Gasteiger partial charge in [-0.15, -0.1) is 34.9 Å². The molecule has 6 N–H and O–H groups in total. The van der Waals surface area contributed by atoms with Crippen molar-refractivity contribution in [1.82, 2.24) is 25.1 Å². The van der Waals surface area contributed by atoms with E-state index in [1.54, 1.807) is 0 Å². The van der Waals surface area contributed by atoms with E-state index in [2.05, 4.69) is 20.6 Å². The minimum Gasteiger partial charge on any atom is -0.869 e. The highest BCUT2D eigenvalue weighted by Crippen LogP contribution is 2.41. The van der Waals surface area contributed by atoms with Crippen LogP contribution < -0.4 is 26.2 Å². The number of rotatable bonds is 13. The number of thiazole rings is 1. The number of hydrogen-bond acceptors (Lipinski definition) is 16. The van der Waals surface area contributed by atoms with Gasteiger partial charge in [0.1, 0.15) is 40.8 Å². The number of β-lactam (4-membered cyclic amide) rings is 1. The number of carboxylic acid groups (broad SMARTS) is 1. The Kier molecular flexibility index (Phi) is 10.1. The molecular formula is C29H26N8O10S3. The number of nitrogens with one attached hydrogen (secondary N) is 1. The highest BCUT2D eigenvalue weighted by Gasteiger charge is 2.54. The van der Waals surface area contributed by atoms with Crippen molar-refractivity contribution in [3.05, 3.63) is 81.2 Å². The van der Waals surface area contributed by atoms with Crippen LogP contribution in [-0.4, -0.2) is 88.2 Å². The summed E-state index contributed by atoms with van der Waals surface area (Å²) < 4.78 is 7.40. The first-order valence-corrected chi connectivity index (χ1v) is 17.4. The Morgan fingerprint density at radius 3 is 2.76 bits per heavy atom. The molecule has 2 atom stereocenters. The third-order valence-corrected chi connectivity index (χ3v) is 10.4. The molecule has 4 aromatic rings. The zero-order chi connectivity index (χ0) is 35.5. The van der Waals surface area contributed by atoms with E-state index in [0.717, 1.165) is 22.3 Å². The number of aliphatic carboxylic acids is 1. The monoisotopic (exact) mass is 742 g/mol. The molecule has 21 heteroatoms. The number of pyridine rings is 2. The maximum Gasteiger partial charge on any atom is 0.352 e. The van der Waals surface area contributed by atoms with Gasteiger partial charge >= 0.3 is 5.97 Å². The van der Waals surface area contributed by atoms with Crippen LogP contribution in [0.25, 0.3) is 11.4 Å². The molecular weight excluding hydrogens is 717 g/mol. The molecule has 4 aromatic heterocycles. The number of nitrogens with zero attached hydrogens (tertiary/aromatic N) is 6. The van der Waals surface area contributed by atoms with Gasteiger partial charge in [0, 0.05) is 52.2 Å². The molecule has 2 amide bonds. The van der Waals surface area contributed by atoms with E-state index in [9.17, 15) is 34.6 Å². The predicted octanol–water partition coefficient (Wildman–Crippen LogP) is -0.415. The minimum absolute atomic E-state index is 0.00302. The standard InChI is InChI=1S/C29H26N8O10S3/c30-29-31-18(13-50-29)22(34-46-10-15-7-17(33-47-15)19-8-20(39)21(40)9-36(19)45)25(41)32-23-26(42)37-24(28(43)44)14(12-49-27(23)37)11-48-16-1-3-35(4-2-16)5-6-38/h1-4,7-9,13,23,27,38,45H,5-6,10-12H2,(H4-,30,31,32,40,41,43,44)/b34-22-/t23-,27-/m1/s1. The maximum atomic E-state index is 13.5. The lowest BCUT2D eigenvalue weighted by Gasteiger charge is -2.49. The van der Waals surface area contributed by atoms with Crippen LogP contribution in [0.5, 0.6) is 5.75 Å². The number of aliphatic hydroxyl groups is 1. The summed E-state index contributed by atoms with van der Waals surface area (Å²) in [6, 6.07) is 4.85. The molecule has 1 saturated heterocycles. The summed E-state index contributed by atoms with van der Waals surface area (Å²) in [6.45, 7) is 0.0859. The number of anilines is 1. The van der Waals surface area contributed by atoms with E-state index >= 15 is 0 Å². The van der Waals surface area contributed by atoms with Gasteiger partial charge in [0.15, 0.2) is 47.6 Å². The highest BCUT2D eigenvalue weighted by molar-refractivity contribution is 8.01. The van der Waals surface area contributed by atoms with Crippen LogP contribution in [0, 0.1) is 0 Å². The fraction of sp³-hybridized carbons (Fsp3) is 0.241. The Labute approximate surface area is 293 Å². The van der Waals surface area contributed by atoms with Crippen molar-refractivity contribution in [2.45, 2.75) is 29.5 Å². The van der Waals surface area contributed by atoms with Crippen molar-refractivity contribution in [2.24, 2.45) is 5.16 Å². The highest BCUT2D eigenvalue weighted by atomic mass is 32.2. The minimum atomic E-state index is -1.26. The van der Waals surface area contributed by atoms with E-state index < -0.39 is 40.4 Å². The lowest BCUT2D eigenvalue weighted by atomic mass is 10.0. The van der Waals surface area contributed by atoms with Gasteiger partial charge in [0.25, 0.3) is 11.8 Å². The van der Waals surface area contributed by atoms with Gasteiger partial charge in [-0.1, -0.05) is 10.3 Å². The molecule has 0 aliphatic carbocycles. The van der Waals surface area contributed by atoms with Crippen LogP contribution in [0.1, 0.15) is 11.5 Å². The SMILES string of the molecule is Nc1nc(/C(=N/OCc2cc(-c3cc(=O)c([O-])cn3O)no2)C(=O)N[C@@H]2C(=O)N3C(C(=O)O)=C(CSc4cc[n+](CCO)cc4)CS[C@H]23)cs1. The van der Waals surface area contributed by atoms with Crippen LogP contribution in [-0.2, 0) is 32.4 Å². The Morgan fingerprint density at radius 2 is 2.06 bits per heavy atom. The van der Waals surface area contributed by atoms with E-state index in [-0.39, 0.29) is 52.6 Å². The molecule has 6 rings (SSSR count). The van der Waals surface area contributed by atoms with Gasteiger partial charge in [0.2, 0.25) is 0 Å². The Bertz CT molecular complexity index is 2080. The van der Waals surface area contributed by atoms with E-state index in [4.69, 9.17) is 20.2 Å². The largest absolute Gasteiger partial charge is 0.869 e. The summed E-state index contributed by atoms with van der Waals surface area (Å²) >= 11 is 3.76. The molecule has 50 heavy (non-hydrogen) atoms. The van der Waals surface area contributed by atoms with Gasteiger partial charge in [-0.05, 0) is 11.3 Å². The number of aromatic nitrogens is 4. The van der Waals surface area contributed by atoms with Crippen LogP contribution in [0.15, 0.2) is 78.9 Å². The number of hydrogen-bond donors (Lipinski definition) is 5. The molecule has 1 fully saturated rings. The Hall–Kier alpha value is -5.38. The fourth-order valence-corrected chi connectivity index (χ4v) is 7.86. The molecule has 6 heterocycles. The fourth-order valence-electron chi connectivity index (χ4n) is 4.94. The predicted molar refractivity (Wildman–Crippen MR) is 175 cm³/mol. The molecule has 0 bridgehead atoms. The average Bonchev–Trinajstić information content (AvgIpc) is 3.75. The van der Waals surface area contributed by atoms with Crippen molar-refractivity contribution in [3.63, 3.8) is 0 Å². The molecule has 0 spiro atoms. The van der Waals surface area contributed by atoms with Gasteiger partial charge in [0.05, 0.1) is 0 Å². The van der Waals surface area contributed by atoms with E-state index in [0.29, 0.717) is 34.6 Å². The Balaban J connectivity index is 1.13. The van der Waals surface area contributed by atoms with E-state index in [1.165, 1.54) is 39.9 Å². The second kappa shape index (κ2) is 14.6. The van der Waals surface area contributed by atoms with Gasteiger partial charge in [-0.25, -0.2) is 14.3 Å². The number of carbonyl (C=O) groups is 3. The van der Waals surface area contributed by atoms with Crippen molar-refractivity contribution in [3.8, 4) is 17.1 Å². The number of carboxylic acids is 1. The normalized spacial score (nSPS) is 17.3. The number of nitrogen functional groups attached to an aromatic ring is 1. The number of thioether (sulfide) groups is 2. The second-order valence-corrected chi connectivity index (χ2v) is 13.6. The quantitative estimate of drug-likeness (QED) is 0.0291. The Morgan fingerprint density at radius 1 is 1.28 bits per heavy atom. The first-order chi connectivity index (χ1) is 24.0. The summed E-state index contributed by atoms with van der Waals surface area (Å²) in [7, 11) is 0.